The highest BCUT2D eigenvalue weighted by molar-refractivity contribution is 6.35. The summed E-state index contributed by atoms with van der Waals surface area (Å²) in [5.74, 6) is 0.719. The molecule has 1 aromatic heterocycles. The van der Waals surface area contributed by atoms with Crippen LogP contribution in [0, 0.1) is 0 Å². The predicted octanol–water partition coefficient (Wildman–Crippen LogP) is 6.52. The Bertz CT molecular complexity index is 852. The minimum atomic E-state index is -0.305. The molecule has 0 saturated carbocycles. The van der Waals surface area contributed by atoms with Gasteiger partial charge in [-0.1, -0.05) is 58.5 Å². The fourth-order valence-electron chi connectivity index (χ4n) is 2.40. The van der Waals surface area contributed by atoms with E-state index in [2.05, 4.69) is 9.97 Å². The summed E-state index contributed by atoms with van der Waals surface area (Å²) in [6.45, 7) is 0.326. The zero-order valence-corrected chi connectivity index (χ0v) is 16.0. The van der Waals surface area contributed by atoms with Crippen LogP contribution in [0.5, 0.6) is 0 Å². The second-order valence-electron chi connectivity index (χ2n) is 5.45. The fraction of sp³-hybridized carbons (Fsp3) is 0.167. The Kier molecular flexibility index (Phi) is 6.26. The Balaban J connectivity index is 1.78. The number of halogens is 4. The van der Waals surface area contributed by atoms with Crippen LogP contribution in [0.4, 0.5) is 0 Å². The van der Waals surface area contributed by atoms with Gasteiger partial charge in [0.2, 0.25) is 0 Å². The third-order valence-electron chi connectivity index (χ3n) is 3.70. The molecule has 0 aliphatic rings. The third-order valence-corrected chi connectivity index (χ3v) is 4.87. The Hall–Kier alpha value is -1.23. The van der Waals surface area contributed by atoms with E-state index in [0.29, 0.717) is 33.1 Å². The molecule has 3 nitrogen and oxygen atoms in total. The van der Waals surface area contributed by atoms with Crippen molar-refractivity contribution in [1.29, 1.82) is 0 Å². The summed E-state index contributed by atoms with van der Waals surface area (Å²) in [4.78, 5) is 7.39. The van der Waals surface area contributed by atoms with Crippen LogP contribution in [0.3, 0.4) is 0 Å². The summed E-state index contributed by atoms with van der Waals surface area (Å²) in [6.07, 6.45) is 3.68. The van der Waals surface area contributed by atoms with Gasteiger partial charge in [-0.25, -0.2) is 4.98 Å². The van der Waals surface area contributed by atoms with Gasteiger partial charge in [-0.15, -0.1) is 0 Å². The molecule has 1 N–H and O–H groups in total. The second-order valence-corrected chi connectivity index (χ2v) is 7.14. The van der Waals surface area contributed by atoms with Crippen LogP contribution >= 0.6 is 46.4 Å². The summed E-state index contributed by atoms with van der Waals surface area (Å²) in [6, 6.07) is 10.7. The smallest absolute Gasteiger partial charge is 0.135 e. The average molecular weight is 416 g/mol. The molecule has 7 heteroatoms. The molecule has 0 aliphatic heterocycles. The van der Waals surface area contributed by atoms with E-state index >= 15 is 0 Å². The Labute approximate surface area is 165 Å². The summed E-state index contributed by atoms with van der Waals surface area (Å²) in [7, 11) is 0. The lowest BCUT2D eigenvalue weighted by atomic mass is 10.1. The summed E-state index contributed by atoms with van der Waals surface area (Å²) >= 11 is 24.4. The summed E-state index contributed by atoms with van der Waals surface area (Å²) < 4.78 is 6.07. The van der Waals surface area contributed by atoms with Gasteiger partial charge in [0.15, 0.2) is 0 Å². The lowest BCUT2D eigenvalue weighted by Gasteiger charge is -2.17. The number of benzene rings is 2. The standard InChI is InChI=1S/C18H14Cl4N2O/c19-13-3-1-11(15(21)8-13)7-17(18-23-5-6-24-18)25-10-12-2-4-14(20)9-16(12)22/h1-6,8-9,17H,7,10H2,(H,23,24). The summed E-state index contributed by atoms with van der Waals surface area (Å²) in [5, 5.41) is 2.34. The number of aromatic amines is 1. The molecule has 0 saturated heterocycles. The van der Waals surface area contributed by atoms with E-state index in [4.69, 9.17) is 51.1 Å². The molecule has 130 valence electrons. The quantitative estimate of drug-likeness (QED) is 0.497. The molecular weight excluding hydrogens is 402 g/mol. The molecule has 1 heterocycles. The van der Waals surface area contributed by atoms with Crippen LogP contribution in [0.2, 0.25) is 20.1 Å². The van der Waals surface area contributed by atoms with E-state index in [-0.39, 0.29) is 6.10 Å². The highest BCUT2D eigenvalue weighted by Gasteiger charge is 2.18. The maximum atomic E-state index is 6.29. The van der Waals surface area contributed by atoms with Crippen molar-refractivity contribution in [2.75, 3.05) is 0 Å². The molecule has 0 amide bonds. The molecule has 3 aromatic rings. The van der Waals surface area contributed by atoms with Gasteiger partial charge in [0.1, 0.15) is 11.9 Å². The molecule has 0 radical (unpaired) electrons. The number of imidazole rings is 1. The van der Waals surface area contributed by atoms with E-state index in [9.17, 15) is 0 Å². The Morgan fingerprint density at radius 3 is 2.12 bits per heavy atom. The predicted molar refractivity (Wildman–Crippen MR) is 103 cm³/mol. The number of aromatic nitrogens is 2. The summed E-state index contributed by atoms with van der Waals surface area (Å²) in [5.41, 5.74) is 1.78. The van der Waals surface area contributed by atoms with Crippen LogP contribution in [0.1, 0.15) is 23.1 Å². The maximum absolute atomic E-state index is 6.29. The van der Waals surface area contributed by atoms with Crippen molar-refractivity contribution < 1.29 is 4.74 Å². The van der Waals surface area contributed by atoms with E-state index < -0.39 is 0 Å². The van der Waals surface area contributed by atoms with Gasteiger partial charge < -0.3 is 9.72 Å². The van der Waals surface area contributed by atoms with Crippen LogP contribution in [-0.4, -0.2) is 9.97 Å². The van der Waals surface area contributed by atoms with Crippen LogP contribution < -0.4 is 0 Å². The molecule has 0 fully saturated rings. The first-order chi connectivity index (χ1) is 12.0. The van der Waals surface area contributed by atoms with Gasteiger partial charge in [-0.3, -0.25) is 0 Å². The molecule has 1 atom stereocenters. The lowest BCUT2D eigenvalue weighted by Crippen LogP contribution is -2.10. The molecule has 0 spiro atoms. The van der Waals surface area contributed by atoms with Crippen molar-refractivity contribution in [2.24, 2.45) is 0 Å². The second kappa shape index (κ2) is 8.43. The molecule has 0 aliphatic carbocycles. The number of hydrogen-bond donors (Lipinski definition) is 1. The van der Waals surface area contributed by atoms with Gasteiger partial charge >= 0.3 is 0 Å². The first-order valence-electron chi connectivity index (χ1n) is 7.51. The molecule has 25 heavy (non-hydrogen) atoms. The topological polar surface area (TPSA) is 37.9 Å². The van der Waals surface area contributed by atoms with E-state index in [0.717, 1.165) is 17.0 Å². The van der Waals surface area contributed by atoms with Crippen molar-refractivity contribution in [1.82, 2.24) is 9.97 Å². The van der Waals surface area contributed by atoms with Crippen LogP contribution in [-0.2, 0) is 17.8 Å². The highest BCUT2D eigenvalue weighted by Crippen LogP contribution is 2.29. The Morgan fingerprint density at radius 1 is 0.920 bits per heavy atom. The normalized spacial score (nSPS) is 12.3. The number of H-pyrrole nitrogens is 1. The Morgan fingerprint density at radius 2 is 1.56 bits per heavy atom. The number of nitrogens with zero attached hydrogens (tertiary/aromatic N) is 1. The zero-order chi connectivity index (χ0) is 17.8. The van der Waals surface area contributed by atoms with Gasteiger partial charge in [0, 0.05) is 38.9 Å². The monoisotopic (exact) mass is 414 g/mol. The van der Waals surface area contributed by atoms with E-state index in [1.807, 2.05) is 12.1 Å². The maximum Gasteiger partial charge on any atom is 0.135 e. The van der Waals surface area contributed by atoms with E-state index in [1.54, 1.807) is 36.7 Å². The third kappa shape index (κ3) is 4.90. The number of rotatable bonds is 6. The van der Waals surface area contributed by atoms with Crippen LogP contribution in [0.25, 0.3) is 0 Å². The number of hydrogen-bond acceptors (Lipinski definition) is 2. The molecular formula is C18H14Cl4N2O. The molecule has 2 aromatic carbocycles. The van der Waals surface area contributed by atoms with Crippen molar-refractivity contribution in [3.05, 3.63) is 85.8 Å². The SMILES string of the molecule is Clc1ccc(COC(Cc2ccc(Cl)cc2Cl)c2ncc[nH]2)c(Cl)c1. The first-order valence-corrected chi connectivity index (χ1v) is 9.03. The highest BCUT2D eigenvalue weighted by atomic mass is 35.5. The molecule has 3 rings (SSSR count). The fourth-order valence-corrected chi connectivity index (χ4v) is 3.35. The minimum Gasteiger partial charge on any atom is -0.365 e. The van der Waals surface area contributed by atoms with Crippen molar-refractivity contribution in [3.8, 4) is 0 Å². The number of ether oxygens (including phenoxy) is 1. The minimum absolute atomic E-state index is 0.305. The van der Waals surface area contributed by atoms with Gasteiger partial charge in [0.05, 0.1) is 6.61 Å². The first kappa shape index (κ1) is 18.6. The molecule has 1 unspecified atom stereocenters. The van der Waals surface area contributed by atoms with Gasteiger partial charge in [-0.2, -0.15) is 0 Å². The van der Waals surface area contributed by atoms with Crippen molar-refractivity contribution in [3.63, 3.8) is 0 Å². The molecule has 0 bridgehead atoms. The van der Waals surface area contributed by atoms with Gasteiger partial charge in [0.25, 0.3) is 0 Å². The average Bonchev–Trinajstić information content (AvgIpc) is 3.09. The van der Waals surface area contributed by atoms with Gasteiger partial charge in [-0.05, 0) is 35.4 Å². The van der Waals surface area contributed by atoms with Crippen molar-refractivity contribution >= 4 is 46.4 Å². The van der Waals surface area contributed by atoms with Crippen LogP contribution in [0.15, 0.2) is 48.8 Å². The zero-order valence-electron chi connectivity index (χ0n) is 13.0. The van der Waals surface area contributed by atoms with Crippen molar-refractivity contribution in [2.45, 2.75) is 19.1 Å². The largest absolute Gasteiger partial charge is 0.365 e. The van der Waals surface area contributed by atoms with E-state index in [1.165, 1.54) is 0 Å². The lowest BCUT2D eigenvalue weighted by molar-refractivity contribution is 0.0346. The number of nitrogens with one attached hydrogen (secondary N) is 1.